The Balaban J connectivity index is 2.25. The third-order valence-electron chi connectivity index (χ3n) is 2.37. The molecular formula is C12H19ClN2O. The van der Waals surface area contributed by atoms with Crippen molar-refractivity contribution in [1.29, 1.82) is 0 Å². The van der Waals surface area contributed by atoms with Gasteiger partial charge in [0.25, 0.3) is 0 Å². The van der Waals surface area contributed by atoms with Gasteiger partial charge in [-0.2, -0.15) is 4.98 Å². The molecule has 3 nitrogen and oxygen atoms in total. The summed E-state index contributed by atoms with van der Waals surface area (Å²) in [5.41, 5.74) is 0. The smallest absolute Gasteiger partial charge is 0.233 e. The second-order valence-electron chi connectivity index (χ2n) is 3.96. The van der Waals surface area contributed by atoms with Crippen molar-refractivity contribution < 1.29 is 4.74 Å². The summed E-state index contributed by atoms with van der Waals surface area (Å²) in [6.07, 6.45) is 9.33. The van der Waals surface area contributed by atoms with E-state index in [9.17, 15) is 0 Å². The van der Waals surface area contributed by atoms with Gasteiger partial charge in [0.05, 0.1) is 18.5 Å². The maximum absolute atomic E-state index is 5.72. The van der Waals surface area contributed by atoms with E-state index < -0.39 is 0 Å². The lowest BCUT2D eigenvalue weighted by Gasteiger charge is -2.13. The van der Waals surface area contributed by atoms with Crippen LogP contribution in [-0.2, 0) is 0 Å². The van der Waals surface area contributed by atoms with E-state index in [1.54, 1.807) is 6.20 Å². The Morgan fingerprint density at radius 2 is 2.12 bits per heavy atom. The minimum Gasteiger partial charge on any atom is -0.474 e. The number of halogens is 1. The van der Waals surface area contributed by atoms with E-state index >= 15 is 0 Å². The summed E-state index contributed by atoms with van der Waals surface area (Å²) in [7, 11) is 0. The van der Waals surface area contributed by atoms with Crippen LogP contribution in [0, 0.1) is 0 Å². The molecule has 1 heterocycles. The van der Waals surface area contributed by atoms with Crippen LogP contribution in [0.3, 0.4) is 0 Å². The van der Waals surface area contributed by atoms with E-state index in [0.717, 1.165) is 6.42 Å². The summed E-state index contributed by atoms with van der Waals surface area (Å²) >= 11 is 5.72. The van der Waals surface area contributed by atoms with Gasteiger partial charge >= 0.3 is 0 Å². The van der Waals surface area contributed by atoms with E-state index in [1.807, 2.05) is 0 Å². The highest BCUT2D eigenvalue weighted by Gasteiger charge is 2.05. The van der Waals surface area contributed by atoms with Crippen LogP contribution in [-0.4, -0.2) is 16.1 Å². The number of aromatic nitrogens is 2. The molecule has 0 aromatic carbocycles. The number of rotatable bonds is 7. The van der Waals surface area contributed by atoms with Crippen molar-refractivity contribution >= 4 is 11.6 Å². The van der Waals surface area contributed by atoms with Crippen molar-refractivity contribution in [3.8, 4) is 5.88 Å². The van der Waals surface area contributed by atoms with Crippen molar-refractivity contribution in [2.75, 3.05) is 0 Å². The van der Waals surface area contributed by atoms with Crippen LogP contribution in [0.1, 0.15) is 46.0 Å². The highest BCUT2D eigenvalue weighted by Crippen LogP contribution is 2.14. The lowest BCUT2D eigenvalue weighted by Crippen LogP contribution is -2.12. The quantitative estimate of drug-likeness (QED) is 0.681. The minimum absolute atomic E-state index is 0.171. The van der Waals surface area contributed by atoms with Gasteiger partial charge in [0, 0.05) is 0 Å². The Morgan fingerprint density at radius 3 is 2.81 bits per heavy atom. The summed E-state index contributed by atoms with van der Waals surface area (Å²) in [6, 6.07) is 0. The molecule has 0 aliphatic carbocycles. The van der Waals surface area contributed by atoms with Crippen LogP contribution in [0.5, 0.6) is 5.88 Å². The fraction of sp³-hybridized carbons (Fsp3) is 0.667. The number of hydrogen-bond acceptors (Lipinski definition) is 3. The Kier molecular flexibility index (Phi) is 6.16. The fourth-order valence-electron chi connectivity index (χ4n) is 1.51. The fourth-order valence-corrected chi connectivity index (χ4v) is 1.65. The molecule has 0 radical (unpaired) electrons. The zero-order valence-corrected chi connectivity index (χ0v) is 10.7. The van der Waals surface area contributed by atoms with Gasteiger partial charge in [-0.1, -0.05) is 37.8 Å². The van der Waals surface area contributed by atoms with Crippen LogP contribution in [0.15, 0.2) is 12.4 Å². The predicted octanol–water partition coefficient (Wildman–Crippen LogP) is 3.87. The van der Waals surface area contributed by atoms with Gasteiger partial charge in [-0.05, 0) is 19.8 Å². The molecule has 4 heteroatoms. The highest BCUT2D eigenvalue weighted by molar-refractivity contribution is 6.29. The van der Waals surface area contributed by atoms with Crippen LogP contribution < -0.4 is 4.74 Å². The molecule has 0 amide bonds. The summed E-state index contributed by atoms with van der Waals surface area (Å²) in [6.45, 7) is 4.26. The Morgan fingerprint density at radius 1 is 1.31 bits per heavy atom. The maximum atomic E-state index is 5.72. The van der Waals surface area contributed by atoms with Gasteiger partial charge in [0.1, 0.15) is 0 Å². The van der Waals surface area contributed by atoms with E-state index in [0.29, 0.717) is 11.0 Å². The average molecular weight is 243 g/mol. The topological polar surface area (TPSA) is 35.0 Å². The molecule has 0 saturated heterocycles. The standard InChI is InChI=1S/C12H19ClN2O/c1-3-4-5-6-7-10(2)16-12-9-14-8-11(13)15-12/h8-10H,3-7H2,1-2H3. The van der Waals surface area contributed by atoms with Crippen molar-refractivity contribution in [3.05, 3.63) is 17.5 Å². The molecule has 90 valence electrons. The summed E-state index contributed by atoms with van der Waals surface area (Å²) in [5.74, 6) is 0.510. The average Bonchev–Trinajstić information content (AvgIpc) is 2.24. The number of hydrogen-bond donors (Lipinski definition) is 0. The monoisotopic (exact) mass is 242 g/mol. The van der Waals surface area contributed by atoms with Crippen molar-refractivity contribution in [2.45, 2.75) is 52.1 Å². The van der Waals surface area contributed by atoms with Crippen LogP contribution in [0.4, 0.5) is 0 Å². The third-order valence-corrected chi connectivity index (χ3v) is 2.55. The molecule has 16 heavy (non-hydrogen) atoms. The van der Waals surface area contributed by atoms with Gasteiger partial charge in [0.2, 0.25) is 5.88 Å². The highest BCUT2D eigenvalue weighted by atomic mass is 35.5. The maximum Gasteiger partial charge on any atom is 0.233 e. The first-order valence-electron chi connectivity index (χ1n) is 5.86. The molecule has 0 aliphatic heterocycles. The summed E-state index contributed by atoms with van der Waals surface area (Å²) in [4.78, 5) is 7.97. The lowest BCUT2D eigenvalue weighted by molar-refractivity contribution is 0.197. The summed E-state index contributed by atoms with van der Waals surface area (Å²) in [5, 5.41) is 0.371. The largest absolute Gasteiger partial charge is 0.474 e. The van der Waals surface area contributed by atoms with E-state index in [1.165, 1.54) is 31.9 Å². The molecule has 0 aliphatic rings. The van der Waals surface area contributed by atoms with Crippen molar-refractivity contribution in [1.82, 2.24) is 9.97 Å². The Hall–Kier alpha value is -0.830. The number of ether oxygens (including phenoxy) is 1. The zero-order chi connectivity index (χ0) is 11.8. The first kappa shape index (κ1) is 13.2. The van der Waals surface area contributed by atoms with Gasteiger partial charge in [-0.3, -0.25) is 4.98 Å². The minimum atomic E-state index is 0.171. The third kappa shape index (κ3) is 5.31. The first-order chi connectivity index (χ1) is 7.72. The van der Waals surface area contributed by atoms with Crippen LogP contribution in [0.25, 0.3) is 0 Å². The van der Waals surface area contributed by atoms with Crippen molar-refractivity contribution in [2.24, 2.45) is 0 Å². The molecule has 0 bridgehead atoms. The van der Waals surface area contributed by atoms with E-state index in [-0.39, 0.29) is 6.10 Å². The number of unbranched alkanes of at least 4 members (excludes halogenated alkanes) is 3. The van der Waals surface area contributed by atoms with Crippen LogP contribution >= 0.6 is 11.6 Å². The van der Waals surface area contributed by atoms with Gasteiger partial charge < -0.3 is 4.74 Å². The molecule has 0 N–H and O–H groups in total. The van der Waals surface area contributed by atoms with E-state index in [2.05, 4.69) is 23.8 Å². The molecule has 1 atom stereocenters. The van der Waals surface area contributed by atoms with Gasteiger partial charge in [-0.25, -0.2) is 0 Å². The SMILES string of the molecule is CCCCCCC(C)Oc1cncc(Cl)n1. The van der Waals surface area contributed by atoms with E-state index in [4.69, 9.17) is 16.3 Å². The zero-order valence-electron chi connectivity index (χ0n) is 9.95. The molecule has 1 rings (SSSR count). The van der Waals surface area contributed by atoms with Gasteiger partial charge in [-0.15, -0.1) is 0 Å². The van der Waals surface area contributed by atoms with Crippen molar-refractivity contribution in [3.63, 3.8) is 0 Å². The second kappa shape index (κ2) is 7.44. The molecular weight excluding hydrogens is 224 g/mol. The van der Waals surface area contributed by atoms with Gasteiger partial charge in [0.15, 0.2) is 5.15 Å². The number of nitrogens with zero attached hydrogens (tertiary/aromatic N) is 2. The Bertz CT molecular complexity index is 307. The molecule has 1 unspecified atom stereocenters. The first-order valence-corrected chi connectivity index (χ1v) is 6.24. The molecule has 1 aromatic heterocycles. The summed E-state index contributed by atoms with van der Waals surface area (Å²) < 4.78 is 5.62. The molecule has 1 aromatic rings. The second-order valence-corrected chi connectivity index (χ2v) is 4.35. The molecule has 0 spiro atoms. The van der Waals surface area contributed by atoms with Crippen LogP contribution in [0.2, 0.25) is 5.15 Å². The molecule has 0 fully saturated rings. The molecule has 0 saturated carbocycles. The Labute approximate surface area is 102 Å². The normalized spacial score (nSPS) is 12.4. The lowest BCUT2D eigenvalue weighted by atomic mass is 10.1. The predicted molar refractivity (Wildman–Crippen MR) is 65.9 cm³/mol.